The summed E-state index contributed by atoms with van der Waals surface area (Å²) in [4.78, 5) is 49.4. The molecule has 0 fully saturated rings. The third-order valence-electron chi connectivity index (χ3n) is 5.46. The van der Waals surface area contributed by atoms with Crippen molar-refractivity contribution in [2.24, 2.45) is 11.7 Å². The molecule has 0 aliphatic rings. The van der Waals surface area contributed by atoms with E-state index in [4.69, 9.17) is 5.73 Å². The van der Waals surface area contributed by atoms with Gasteiger partial charge >= 0.3 is 0 Å². The summed E-state index contributed by atoms with van der Waals surface area (Å²) < 4.78 is 0. The number of nitrogens with two attached hydrogens (primary N) is 1. The second kappa shape index (κ2) is 14.6. The molecule has 2 aromatic carbocycles. The third kappa shape index (κ3) is 10.9. The van der Waals surface area contributed by atoms with Crippen molar-refractivity contribution in [3.05, 3.63) is 71.8 Å². The number of benzene rings is 2. The Kier molecular flexibility index (Phi) is 11.5. The quantitative estimate of drug-likeness (QED) is 0.329. The van der Waals surface area contributed by atoms with Gasteiger partial charge < -0.3 is 21.7 Å². The molecule has 8 nitrogen and oxygen atoms in total. The Hall–Kier alpha value is -3.68. The summed E-state index contributed by atoms with van der Waals surface area (Å²) in [5.41, 5.74) is 7.40. The van der Waals surface area contributed by atoms with Gasteiger partial charge in [-0.2, -0.15) is 0 Å². The number of hydrogen-bond acceptors (Lipinski definition) is 4. The lowest BCUT2D eigenvalue weighted by Crippen LogP contribution is -2.52. The largest absolute Gasteiger partial charge is 0.368 e. The smallest absolute Gasteiger partial charge is 0.243 e. The second-order valence-electron chi connectivity index (χ2n) is 9.02. The van der Waals surface area contributed by atoms with Crippen LogP contribution >= 0.6 is 0 Å². The van der Waals surface area contributed by atoms with E-state index in [1.807, 2.05) is 74.5 Å². The first-order valence-electron chi connectivity index (χ1n) is 12.0. The van der Waals surface area contributed by atoms with Crippen LogP contribution in [-0.4, -0.2) is 42.3 Å². The summed E-state index contributed by atoms with van der Waals surface area (Å²) in [5, 5.41) is 7.93. The highest BCUT2D eigenvalue weighted by Gasteiger charge is 2.23. The van der Waals surface area contributed by atoms with Gasteiger partial charge in [0.1, 0.15) is 12.1 Å². The zero-order chi connectivity index (χ0) is 25.6. The number of amides is 4. The van der Waals surface area contributed by atoms with Crippen LogP contribution in [0.25, 0.3) is 0 Å². The van der Waals surface area contributed by atoms with Gasteiger partial charge in [0, 0.05) is 12.8 Å². The van der Waals surface area contributed by atoms with Gasteiger partial charge in [-0.3, -0.25) is 19.2 Å². The minimum atomic E-state index is -0.836. The number of rotatable bonds is 14. The Morgan fingerprint density at radius 1 is 0.800 bits per heavy atom. The van der Waals surface area contributed by atoms with Crippen molar-refractivity contribution in [2.45, 2.75) is 58.0 Å². The fraction of sp³-hybridized carbons (Fsp3) is 0.407. The first-order valence-corrected chi connectivity index (χ1v) is 12.0. The SMILES string of the molecule is CC(C)C[C@H](NC(=O)CNC(=O)[C@H](Cc1ccccc1)NC(=O)CCCc1ccccc1)C(N)=O. The molecule has 0 aliphatic heterocycles. The molecule has 0 saturated carbocycles. The maximum atomic E-state index is 12.9. The molecule has 2 rings (SSSR count). The highest BCUT2D eigenvalue weighted by atomic mass is 16.2. The number of carbonyl (C=O) groups excluding carboxylic acids is 4. The molecule has 0 aliphatic carbocycles. The number of aryl methyl sites for hydroxylation is 1. The van der Waals surface area contributed by atoms with Crippen molar-refractivity contribution in [2.75, 3.05) is 6.54 Å². The molecule has 0 aromatic heterocycles. The van der Waals surface area contributed by atoms with Gasteiger partial charge in [0.05, 0.1) is 6.54 Å². The maximum Gasteiger partial charge on any atom is 0.243 e. The molecule has 188 valence electrons. The van der Waals surface area contributed by atoms with Crippen molar-refractivity contribution in [3.8, 4) is 0 Å². The van der Waals surface area contributed by atoms with Crippen molar-refractivity contribution in [3.63, 3.8) is 0 Å². The first-order chi connectivity index (χ1) is 16.7. The van der Waals surface area contributed by atoms with Crippen molar-refractivity contribution < 1.29 is 19.2 Å². The molecule has 0 saturated heterocycles. The van der Waals surface area contributed by atoms with E-state index in [0.717, 1.165) is 17.5 Å². The predicted molar refractivity (Wildman–Crippen MR) is 135 cm³/mol. The van der Waals surface area contributed by atoms with Crippen LogP contribution in [0.4, 0.5) is 0 Å². The van der Waals surface area contributed by atoms with E-state index in [-0.39, 0.29) is 31.2 Å². The molecule has 8 heteroatoms. The van der Waals surface area contributed by atoms with Crippen LogP contribution in [0.2, 0.25) is 0 Å². The number of carbonyl (C=O) groups is 4. The van der Waals surface area contributed by atoms with E-state index >= 15 is 0 Å². The van der Waals surface area contributed by atoms with Gasteiger partial charge in [-0.1, -0.05) is 74.5 Å². The standard InChI is InChI=1S/C27H36N4O4/c1-19(2)16-22(26(28)34)30-25(33)18-29-27(35)23(17-21-12-7-4-8-13-21)31-24(32)15-9-14-20-10-5-3-6-11-20/h3-8,10-13,19,22-23H,9,14-18H2,1-2H3,(H2,28,34)(H,29,35)(H,30,33)(H,31,32)/t22-,23-/m0/s1. The van der Waals surface area contributed by atoms with E-state index in [9.17, 15) is 19.2 Å². The van der Waals surface area contributed by atoms with Crippen molar-refractivity contribution in [1.29, 1.82) is 0 Å². The number of hydrogen-bond donors (Lipinski definition) is 4. The van der Waals surface area contributed by atoms with Gasteiger partial charge in [0.2, 0.25) is 23.6 Å². The molecule has 2 atom stereocenters. The molecule has 35 heavy (non-hydrogen) atoms. The van der Waals surface area contributed by atoms with Crippen molar-refractivity contribution >= 4 is 23.6 Å². The molecule has 5 N–H and O–H groups in total. The van der Waals surface area contributed by atoms with Gasteiger partial charge in [-0.25, -0.2) is 0 Å². The molecule has 4 amide bonds. The first kappa shape index (κ1) is 27.6. The lowest BCUT2D eigenvalue weighted by atomic mass is 10.0. The Balaban J connectivity index is 1.92. The topological polar surface area (TPSA) is 130 Å². The van der Waals surface area contributed by atoms with Gasteiger partial charge in [-0.05, 0) is 36.3 Å². The minimum absolute atomic E-state index is 0.162. The Morgan fingerprint density at radius 3 is 1.94 bits per heavy atom. The molecule has 0 spiro atoms. The van der Waals surface area contributed by atoms with Crippen LogP contribution in [0, 0.1) is 5.92 Å². The molecule has 2 aromatic rings. The van der Waals surface area contributed by atoms with Crippen LogP contribution in [0.15, 0.2) is 60.7 Å². The molecule has 0 unspecified atom stereocenters. The maximum absolute atomic E-state index is 12.9. The van der Waals surface area contributed by atoms with Crippen molar-refractivity contribution in [1.82, 2.24) is 16.0 Å². The van der Waals surface area contributed by atoms with E-state index in [0.29, 0.717) is 12.8 Å². The van der Waals surface area contributed by atoms with E-state index in [1.165, 1.54) is 0 Å². The van der Waals surface area contributed by atoms with Gasteiger partial charge in [0.25, 0.3) is 0 Å². The monoisotopic (exact) mass is 480 g/mol. The van der Waals surface area contributed by atoms with E-state index in [1.54, 1.807) is 0 Å². The summed E-state index contributed by atoms with van der Waals surface area (Å²) >= 11 is 0. The third-order valence-corrected chi connectivity index (χ3v) is 5.46. The Labute approximate surface area is 207 Å². The highest BCUT2D eigenvalue weighted by molar-refractivity contribution is 5.92. The summed E-state index contributed by atoms with van der Waals surface area (Å²) in [6, 6.07) is 17.6. The van der Waals surface area contributed by atoms with Gasteiger partial charge in [0.15, 0.2) is 0 Å². The highest BCUT2D eigenvalue weighted by Crippen LogP contribution is 2.07. The average molecular weight is 481 g/mol. The molecular weight excluding hydrogens is 444 g/mol. The minimum Gasteiger partial charge on any atom is -0.368 e. The average Bonchev–Trinajstić information content (AvgIpc) is 2.82. The summed E-state index contributed by atoms with van der Waals surface area (Å²) in [7, 11) is 0. The second-order valence-corrected chi connectivity index (χ2v) is 9.02. The van der Waals surface area contributed by atoms with Crippen LogP contribution < -0.4 is 21.7 Å². The van der Waals surface area contributed by atoms with E-state index < -0.39 is 29.8 Å². The van der Waals surface area contributed by atoms with E-state index in [2.05, 4.69) is 16.0 Å². The Morgan fingerprint density at radius 2 is 1.37 bits per heavy atom. The fourth-order valence-corrected chi connectivity index (χ4v) is 3.68. The van der Waals surface area contributed by atoms with Crippen LogP contribution in [0.3, 0.4) is 0 Å². The lowest BCUT2D eigenvalue weighted by molar-refractivity contribution is -0.131. The normalized spacial score (nSPS) is 12.4. The fourth-order valence-electron chi connectivity index (χ4n) is 3.68. The van der Waals surface area contributed by atoms with Crippen LogP contribution in [0.1, 0.15) is 44.2 Å². The number of primary amides is 1. The summed E-state index contributed by atoms with van der Waals surface area (Å²) in [6.45, 7) is 3.51. The Bertz CT molecular complexity index is 964. The molecule has 0 bridgehead atoms. The molecular formula is C27H36N4O4. The number of nitrogens with one attached hydrogen (secondary N) is 3. The molecule has 0 heterocycles. The summed E-state index contributed by atoms with van der Waals surface area (Å²) in [6.07, 6.45) is 2.40. The zero-order valence-electron chi connectivity index (χ0n) is 20.5. The van der Waals surface area contributed by atoms with Crippen LogP contribution in [-0.2, 0) is 32.0 Å². The molecule has 0 radical (unpaired) electrons. The lowest BCUT2D eigenvalue weighted by Gasteiger charge is -2.20. The zero-order valence-corrected chi connectivity index (χ0v) is 20.5. The predicted octanol–water partition coefficient (Wildman–Crippen LogP) is 1.87. The summed E-state index contributed by atoms with van der Waals surface area (Å²) in [5.74, 6) is -1.68. The van der Waals surface area contributed by atoms with Gasteiger partial charge in [-0.15, -0.1) is 0 Å². The van der Waals surface area contributed by atoms with Crippen LogP contribution in [0.5, 0.6) is 0 Å².